The summed E-state index contributed by atoms with van der Waals surface area (Å²) in [6.07, 6.45) is 1.20. The molecule has 21 heavy (non-hydrogen) atoms. The lowest BCUT2D eigenvalue weighted by atomic mass is 9.90. The van der Waals surface area contributed by atoms with Crippen LogP contribution in [0.25, 0.3) is 0 Å². The quantitative estimate of drug-likeness (QED) is 0.783. The van der Waals surface area contributed by atoms with E-state index in [9.17, 15) is 18.1 Å². The lowest BCUT2D eigenvalue weighted by molar-refractivity contribution is 0.336. The third kappa shape index (κ3) is 3.08. The molecule has 0 bridgehead atoms. The summed E-state index contributed by atoms with van der Waals surface area (Å²) in [6.45, 7) is 5.70. The van der Waals surface area contributed by atoms with E-state index in [1.807, 2.05) is 20.8 Å². The Hall–Kier alpha value is -1.47. The van der Waals surface area contributed by atoms with Crippen molar-refractivity contribution in [1.82, 2.24) is 0 Å². The van der Waals surface area contributed by atoms with E-state index in [0.717, 1.165) is 6.42 Å². The third-order valence-electron chi connectivity index (χ3n) is 3.61. The van der Waals surface area contributed by atoms with Gasteiger partial charge in [-0.05, 0) is 18.8 Å². The van der Waals surface area contributed by atoms with Crippen LogP contribution in [0.15, 0.2) is 4.90 Å². The summed E-state index contributed by atoms with van der Waals surface area (Å²) in [5.41, 5.74) is 1.14. The van der Waals surface area contributed by atoms with Crippen molar-refractivity contribution in [3.63, 3.8) is 0 Å². The molecule has 0 saturated heterocycles. The summed E-state index contributed by atoms with van der Waals surface area (Å²) < 4.78 is 42.9. The van der Waals surface area contributed by atoms with Gasteiger partial charge in [-0.2, -0.15) is 8.42 Å². The molecule has 0 saturated carbocycles. The number of benzene rings is 1. The van der Waals surface area contributed by atoms with E-state index in [2.05, 4.69) is 0 Å². The van der Waals surface area contributed by atoms with Crippen molar-refractivity contribution in [1.29, 1.82) is 0 Å². The molecule has 0 fully saturated rings. The zero-order valence-corrected chi connectivity index (χ0v) is 13.7. The summed E-state index contributed by atoms with van der Waals surface area (Å²) >= 11 is 0. The Labute approximate surface area is 125 Å². The van der Waals surface area contributed by atoms with Gasteiger partial charge in [0.2, 0.25) is 0 Å². The minimum atomic E-state index is -4.60. The first kappa shape index (κ1) is 17.6. The number of aromatic hydroxyl groups is 1. The van der Waals surface area contributed by atoms with Gasteiger partial charge >= 0.3 is 10.1 Å². The van der Waals surface area contributed by atoms with E-state index in [1.54, 1.807) is 0 Å². The van der Waals surface area contributed by atoms with Crippen LogP contribution < -0.4 is 9.47 Å². The summed E-state index contributed by atoms with van der Waals surface area (Å²) in [6, 6.07) is 0. The predicted molar refractivity (Wildman–Crippen MR) is 79.1 cm³/mol. The van der Waals surface area contributed by atoms with Crippen molar-refractivity contribution in [3.05, 3.63) is 11.1 Å². The van der Waals surface area contributed by atoms with Gasteiger partial charge in [0.05, 0.1) is 14.2 Å². The van der Waals surface area contributed by atoms with Crippen LogP contribution in [0.4, 0.5) is 0 Å². The van der Waals surface area contributed by atoms with Crippen molar-refractivity contribution in [2.75, 3.05) is 14.2 Å². The maximum absolute atomic E-state index is 11.6. The number of ether oxygens (including phenoxy) is 2. The first-order valence-electron chi connectivity index (χ1n) is 6.71. The molecule has 0 aliphatic carbocycles. The number of phenols is 1. The van der Waals surface area contributed by atoms with E-state index < -0.39 is 15.0 Å². The minimum absolute atomic E-state index is 0.0156. The highest BCUT2D eigenvalue weighted by Gasteiger charge is 2.32. The first-order chi connectivity index (χ1) is 9.74. The molecule has 0 aliphatic rings. The van der Waals surface area contributed by atoms with E-state index >= 15 is 0 Å². The topological polar surface area (TPSA) is 93.1 Å². The minimum Gasteiger partial charge on any atom is -0.504 e. The van der Waals surface area contributed by atoms with E-state index in [0.29, 0.717) is 17.5 Å². The Morgan fingerprint density at radius 2 is 1.67 bits per heavy atom. The summed E-state index contributed by atoms with van der Waals surface area (Å²) in [5, 5.41) is 10.4. The number of rotatable bonds is 6. The van der Waals surface area contributed by atoms with Gasteiger partial charge < -0.3 is 14.6 Å². The van der Waals surface area contributed by atoms with Crippen molar-refractivity contribution in [2.24, 2.45) is 0 Å². The highest BCUT2D eigenvalue weighted by molar-refractivity contribution is 7.86. The van der Waals surface area contributed by atoms with Crippen LogP contribution in [0, 0.1) is 0 Å². The van der Waals surface area contributed by atoms with Gasteiger partial charge in [-0.3, -0.25) is 4.55 Å². The van der Waals surface area contributed by atoms with Crippen molar-refractivity contribution >= 4 is 10.1 Å². The van der Waals surface area contributed by atoms with Gasteiger partial charge in [0.25, 0.3) is 0 Å². The standard InChI is InChI=1S/C14H22O6S/c1-6-8(3)10-9(7-2)12(19-4)14(21(16,17)18)13(20-5)11(10)15/h8,15H,6-7H2,1-5H3,(H,16,17,18). The number of phenolic OH excluding ortho intramolecular Hbond substituents is 1. The zero-order valence-electron chi connectivity index (χ0n) is 12.9. The van der Waals surface area contributed by atoms with Gasteiger partial charge in [-0.15, -0.1) is 0 Å². The molecule has 0 aliphatic heterocycles. The fraction of sp³-hybridized carbons (Fsp3) is 0.571. The molecule has 1 unspecified atom stereocenters. The third-order valence-corrected chi connectivity index (χ3v) is 4.49. The SMILES string of the molecule is CCc1c(OC)c(S(=O)(=O)O)c(OC)c(O)c1C(C)CC. The smallest absolute Gasteiger partial charge is 0.302 e. The van der Waals surface area contributed by atoms with Crippen LogP contribution >= 0.6 is 0 Å². The summed E-state index contributed by atoms with van der Waals surface area (Å²) in [5.74, 6) is -0.554. The van der Waals surface area contributed by atoms with Gasteiger partial charge in [-0.25, -0.2) is 0 Å². The zero-order chi connectivity index (χ0) is 16.4. The molecular weight excluding hydrogens is 296 g/mol. The molecule has 6 nitrogen and oxygen atoms in total. The molecule has 0 heterocycles. The first-order valence-corrected chi connectivity index (χ1v) is 8.15. The lowest BCUT2D eigenvalue weighted by Gasteiger charge is -2.23. The Morgan fingerprint density at radius 1 is 1.14 bits per heavy atom. The van der Waals surface area contributed by atoms with Gasteiger partial charge in [0.15, 0.2) is 16.4 Å². The van der Waals surface area contributed by atoms with E-state index in [-0.39, 0.29) is 23.2 Å². The average molecular weight is 318 g/mol. The Morgan fingerprint density at radius 3 is 2.00 bits per heavy atom. The van der Waals surface area contributed by atoms with Crippen LogP contribution in [0.5, 0.6) is 17.2 Å². The Bertz CT molecular complexity index is 621. The maximum Gasteiger partial charge on any atom is 0.302 e. The van der Waals surface area contributed by atoms with Crippen LogP contribution in [0.3, 0.4) is 0 Å². The summed E-state index contributed by atoms with van der Waals surface area (Å²) in [7, 11) is -2.05. The van der Waals surface area contributed by atoms with Crippen LogP contribution in [-0.4, -0.2) is 32.3 Å². The molecule has 1 aromatic carbocycles. The van der Waals surface area contributed by atoms with Crippen LogP contribution in [0.1, 0.15) is 44.2 Å². The fourth-order valence-electron chi connectivity index (χ4n) is 2.46. The fourth-order valence-corrected chi connectivity index (χ4v) is 3.32. The average Bonchev–Trinajstić information content (AvgIpc) is 2.43. The molecule has 120 valence electrons. The van der Waals surface area contributed by atoms with Crippen LogP contribution in [0.2, 0.25) is 0 Å². The Kier molecular flexibility index (Phi) is 5.47. The normalized spacial score (nSPS) is 13.0. The molecule has 1 rings (SSSR count). The molecule has 0 radical (unpaired) electrons. The Balaban J connectivity index is 3.98. The van der Waals surface area contributed by atoms with E-state index in [4.69, 9.17) is 9.47 Å². The number of hydrogen-bond acceptors (Lipinski definition) is 5. The molecule has 0 aromatic heterocycles. The molecule has 1 atom stereocenters. The maximum atomic E-state index is 11.6. The van der Waals surface area contributed by atoms with Crippen molar-refractivity contribution in [3.8, 4) is 17.2 Å². The molecule has 1 aromatic rings. The highest BCUT2D eigenvalue weighted by Crippen LogP contribution is 2.49. The van der Waals surface area contributed by atoms with Crippen molar-refractivity contribution in [2.45, 2.75) is 44.4 Å². The second-order valence-corrected chi connectivity index (χ2v) is 6.13. The molecule has 0 spiro atoms. The van der Waals surface area contributed by atoms with Crippen molar-refractivity contribution < 1.29 is 27.6 Å². The van der Waals surface area contributed by atoms with Gasteiger partial charge in [0, 0.05) is 11.1 Å². The predicted octanol–water partition coefficient (Wildman–Crippen LogP) is 2.73. The number of methoxy groups -OCH3 is 2. The highest BCUT2D eigenvalue weighted by atomic mass is 32.2. The molecule has 0 amide bonds. The second kappa shape index (κ2) is 6.53. The monoisotopic (exact) mass is 318 g/mol. The van der Waals surface area contributed by atoms with E-state index in [1.165, 1.54) is 14.2 Å². The molecule has 7 heteroatoms. The lowest BCUT2D eigenvalue weighted by Crippen LogP contribution is -2.10. The molecule has 2 N–H and O–H groups in total. The van der Waals surface area contributed by atoms with Gasteiger partial charge in [0.1, 0.15) is 5.75 Å². The van der Waals surface area contributed by atoms with Gasteiger partial charge in [-0.1, -0.05) is 20.8 Å². The summed E-state index contributed by atoms with van der Waals surface area (Å²) in [4.78, 5) is -0.533. The molecular formula is C14H22O6S. The number of hydrogen-bond donors (Lipinski definition) is 2. The largest absolute Gasteiger partial charge is 0.504 e. The van der Waals surface area contributed by atoms with Crippen LogP contribution in [-0.2, 0) is 16.5 Å². The second-order valence-electron chi connectivity index (χ2n) is 4.77.